The highest BCUT2D eigenvalue weighted by Crippen LogP contribution is 2.32. The van der Waals surface area contributed by atoms with Crippen molar-refractivity contribution < 1.29 is 22.7 Å². The Morgan fingerprint density at radius 3 is 2.33 bits per heavy atom. The van der Waals surface area contributed by atoms with Gasteiger partial charge < -0.3 is 14.4 Å². The van der Waals surface area contributed by atoms with Crippen molar-refractivity contribution >= 4 is 21.6 Å². The molecule has 2 aromatic rings. The Balaban J connectivity index is 2.42. The highest BCUT2D eigenvalue weighted by atomic mass is 32.2. The van der Waals surface area contributed by atoms with Crippen molar-refractivity contribution in [2.75, 3.05) is 32.7 Å². The van der Waals surface area contributed by atoms with Gasteiger partial charge in [0.05, 0.1) is 19.1 Å². The van der Waals surface area contributed by atoms with E-state index in [1.54, 1.807) is 45.2 Å². The second-order valence-electron chi connectivity index (χ2n) is 5.88. The predicted octanol–water partition coefficient (Wildman–Crippen LogP) is 2.59. The average molecular weight is 392 g/mol. The Kier molecular flexibility index (Phi) is 6.45. The van der Waals surface area contributed by atoms with E-state index in [0.29, 0.717) is 28.3 Å². The number of nitrogens with zero attached hydrogens (tertiary/aromatic N) is 1. The van der Waals surface area contributed by atoms with Crippen molar-refractivity contribution in [3.8, 4) is 11.5 Å². The molecule has 8 heteroatoms. The van der Waals surface area contributed by atoms with Crippen LogP contribution in [-0.4, -0.2) is 42.1 Å². The first-order valence-corrected chi connectivity index (χ1v) is 9.83. The molecule has 0 fully saturated rings. The summed E-state index contributed by atoms with van der Waals surface area (Å²) in [6.45, 7) is 3.73. The van der Waals surface area contributed by atoms with Crippen LogP contribution in [0.1, 0.15) is 22.8 Å². The zero-order valence-corrected chi connectivity index (χ0v) is 16.9. The van der Waals surface area contributed by atoms with Crippen LogP contribution in [0.5, 0.6) is 11.5 Å². The Hall–Kier alpha value is -2.58. The number of carbonyl (C=O) groups is 1. The van der Waals surface area contributed by atoms with Gasteiger partial charge in [0.1, 0.15) is 0 Å². The Labute approximate surface area is 160 Å². The Morgan fingerprint density at radius 2 is 1.74 bits per heavy atom. The molecule has 0 unspecified atom stereocenters. The fraction of sp³-hybridized carbons (Fsp3) is 0.316. The first kappa shape index (κ1) is 20.7. The van der Waals surface area contributed by atoms with Gasteiger partial charge in [-0.3, -0.25) is 4.79 Å². The standard InChI is InChI=1S/C19H24N2O5S/c1-6-20-27(23,24)15-9-7-13(2)16(12-15)19(22)21(3)14-8-10-17(25-4)18(11-14)26-5/h7-12,20H,6H2,1-5H3. The number of amides is 1. The average Bonchev–Trinajstić information content (AvgIpc) is 2.66. The van der Waals surface area contributed by atoms with Crippen LogP contribution in [-0.2, 0) is 10.0 Å². The van der Waals surface area contributed by atoms with Crippen LogP contribution >= 0.6 is 0 Å². The Morgan fingerprint density at radius 1 is 1.07 bits per heavy atom. The van der Waals surface area contributed by atoms with E-state index in [0.717, 1.165) is 0 Å². The first-order chi connectivity index (χ1) is 12.7. The lowest BCUT2D eigenvalue weighted by Crippen LogP contribution is -2.28. The smallest absolute Gasteiger partial charge is 0.258 e. The highest BCUT2D eigenvalue weighted by molar-refractivity contribution is 7.89. The molecule has 0 heterocycles. The zero-order chi connectivity index (χ0) is 20.2. The lowest BCUT2D eigenvalue weighted by atomic mass is 10.1. The van der Waals surface area contributed by atoms with Gasteiger partial charge in [0.2, 0.25) is 10.0 Å². The van der Waals surface area contributed by atoms with E-state index in [9.17, 15) is 13.2 Å². The van der Waals surface area contributed by atoms with Gasteiger partial charge in [-0.25, -0.2) is 13.1 Å². The van der Waals surface area contributed by atoms with E-state index >= 15 is 0 Å². The van der Waals surface area contributed by atoms with Crippen LogP contribution < -0.4 is 19.1 Å². The minimum atomic E-state index is -3.65. The van der Waals surface area contributed by atoms with Crippen LogP contribution in [0, 0.1) is 6.92 Å². The number of hydrogen-bond donors (Lipinski definition) is 1. The van der Waals surface area contributed by atoms with Crippen LogP contribution in [0.2, 0.25) is 0 Å². The maximum Gasteiger partial charge on any atom is 0.258 e. The summed E-state index contributed by atoms with van der Waals surface area (Å²) in [5, 5.41) is 0. The summed E-state index contributed by atoms with van der Waals surface area (Å²) in [5.41, 5.74) is 1.59. The molecule has 7 nitrogen and oxygen atoms in total. The minimum Gasteiger partial charge on any atom is -0.493 e. The molecule has 1 amide bonds. The molecule has 0 aliphatic rings. The molecule has 27 heavy (non-hydrogen) atoms. The van der Waals surface area contributed by atoms with Gasteiger partial charge in [0, 0.05) is 30.9 Å². The molecule has 0 bridgehead atoms. The second kappa shape index (κ2) is 8.41. The SMILES string of the molecule is CCNS(=O)(=O)c1ccc(C)c(C(=O)N(C)c2ccc(OC)c(OC)c2)c1. The highest BCUT2D eigenvalue weighted by Gasteiger charge is 2.21. The molecule has 0 saturated heterocycles. The quantitative estimate of drug-likeness (QED) is 0.783. The van der Waals surface area contributed by atoms with E-state index in [-0.39, 0.29) is 17.3 Å². The van der Waals surface area contributed by atoms with Crippen LogP contribution in [0.15, 0.2) is 41.3 Å². The van der Waals surface area contributed by atoms with E-state index in [1.807, 2.05) is 0 Å². The predicted molar refractivity (Wildman–Crippen MR) is 104 cm³/mol. The van der Waals surface area contributed by atoms with Gasteiger partial charge >= 0.3 is 0 Å². The molecule has 146 valence electrons. The van der Waals surface area contributed by atoms with Crippen molar-refractivity contribution in [1.82, 2.24) is 4.72 Å². The van der Waals surface area contributed by atoms with Crippen molar-refractivity contribution in [3.05, 3.63) is 47.5 Å². The van der Waals surface area contributed by atoms with Crippen LogP contribution in [0.4, 0.5) is 5.69 Å². The summed E-state index contributed by atoms with van der Waals surface area (Å²) >= 11 is 0. The van der Waals surface area contributed by atoms with E-state index in [1.165, 1.54) is 31.3 Å². The molecule has 2 rings (SSSR count). The Bertz CT molecular complexity index is 941. The molecule has 0 atom stereocenters. The topological polar surface area (TPSA) is 84.9 Å². The zero-order valence-electron chi connectivity index (χ0n) is 16.1. The fourth-order valence-electron chi connectivity index (χ4n) is 2.60. The van der Waals surface area contributed by atoms with E-state index < -0.39 is 10.0 Å². The number of sulfonamides is 1. The van der Waals surface area contributed by atoms with Crippen molar-refractivity contribution in [3.63, 3.8) is 0 Å². The van der Waals surface area contributed by atoms with Crippen molar-refractivity contribution in [1.29, 1.82) is 0 Å². The van der Waals surface area contributed by atoms with Gasteiger partial charge in [0.15, 0.2) is 11.5 Å². The van der Waals surface area contributed by atoms with E-state index in [2.05, 4.69) is 4.72 Å². The summed E-state index contributed by atoms with van der Waals surface area (Å²) in [6.07, 6.45) is 0. The number of methoxy groups -OCH3 is 2. The third-order valence-electron chi connectivity index (χ3n) is 4.14. The van der Waals surface area contributed by atoms with E-state index in [4.69, 9.17) is 9.47 Å². The maximum atomic E-state index is 13.0. The third-order valence-corrected chi connectivity index (χ3v) is 5.69. The van der Waals surface area contributed by atoms with Gasteiger partial charge in [-0.05, 0) is 36.8 Å². The molecule has 0 radical (unpaired) electrons. The molecule has 0 aliphatic heterocycles. The monoisotopic (exact) mass is 392 g/mol. The summed E-state index contributed by atoms with van der Waals surface area (Å²) in [5.74, 6) is 0.722. The number of hydrogen-bond acceptors (Lipinski definition) is 5. The largest absolute Gasteiger partial charge is 0.493 e. The van der Waals surface area contributed by atoms with Crippen molar-refractivity contribution in [2.45, 2.75) is 18.7 Å². The van der Waals surface area contributed by atoms with Crippen LogP contribution in [0.3, 0.4) is 0 Å². The molecule has 0 spiro atoms. The van der Waals surface area contributed by atoms with Gasteiger partial charge in [0.25, 0.3) is 5.91 Å². The van der Waals surface area contributed by atoms with Gasteiger partial charge in [-0.1, -0.05) is 13.0 Å². The molecule has 2 aromatic carbocycles. The number of aryl methyl sites for hydroxylation is 1. The number of nitrogens with one attached hydrogen (secondary N) is 1. The number of ether oxygens (including phenoxy) is 2. The van der Waals surface area contributed by atoms with Crippen molar-refractivity contribution in [2.24, 2.45) is 0 Å². The maximum absolute atomic E-state index is 13.0. The molecular formula is C19H24N2O5S. The molecular weight excluding hydrogens is 368 g/mol. The summed E-state index contributed by atoms with van der Waals surface area (Å²) < 4.78 is 37.4. The van der Waals surface area contributed by atoms with Gasteiger partial charge in [-0.2, -0.15) is 0 Å². The lowest BCUT2D eigenvalue weighted by molar-refractivity contribution is 0.0992. The number of benzene rings is 2. The van der Waals surface area contributed by atoms with Crippen LogP contribution in [0.25, 0.3) is 0 Å². The fourth-order valence-corrected chi connectivity index (χ4v) is 3.67. The minimum absolute atomic E-state index is 0.0546. The summed E-state index contributed by atoms with van der Waals surface area (Å²) in [6, 6.07) is 9.63. The summed E-state index contributed by atoms with van der Waals surface area (Å²) in [7, 11) is 1.02. The number of carbonyl (C=O) groups excluding carboxylic acids is 1. The second-order valence-corrected chi connectivity index (χ2v) is 7.65. The lowest BCUT2D eigenvalue weighted by Gasteiger charge is -2.20. The third kappa shape index (κ3) is 4.40. The normalized spacial score (nSPS) is 11.1. The summed E-state index contributed by atoms with van der Waals surface area (Å²) in [4.78, 5) is 14.5. The number of anilines is 1. The molecule has 0 aliphatic carbocycles. The molecule has 0 aromatic heterocycles. The first-order valence-electron chi connectivity index (χ1n) is 8.35. The molecule has 0 saturated carbocycles. The molecule has 1 N–H and O–H groups in total. The van der Waals surface area contributed by atoms with Gasteiger partial charge in [-0.15, -0.1) is 0 Å². The number of rotatable bonds is 7.